The minimum atomic E-state index is -1.20. The fourth-order valence-electron chi connectivity index (χ4n) is 1.37. The topological polar surface area (TPSA) is 104 Å². The Morgan fingerprint density at radius 2 is 1.67 bits per heavy atom. The SMILES string of the molecule is CC(O)COCc1cc(C(=O)O)cc(C(=O)O)c1. The van der Waals surface area contributed by atoms with E-state index in [0.717, 1.165) is 6.07 Å². The average Bonchev–Trinajstić information content (AvgIpc) is 2.28. The van der Waals surface area contributed by atoms with E-state index in [0.29, 0.717) is 5.56 Å². The Morgan fingerprint density at radius 3 is 2.06 bits per heavy atom. The van der Waals surface area contributed by atoms with Gasteiger partial charge in [-0.1, -0.05) is 0 Å². The standard InChI is InChI=1S/C12H14O6/c1-7(13)5-18-6-8-2-9(11(14)15)4-10(3-8)12(16)17/h2-4,7,13H,5-6H2,1H3,(H,14,15)(H,16,17). The third kappa shape index (κ3) is 4.15. The lowest BCUT2D eigenvalue weighted by molar-refractivity contribution is 0.0374. The summed E-state index contributed by atoms with van der Waals surface area (Å²) in [6, 6.07) is 3.77. The van der Waals surface area contributed by atoms with E-state index in [2.05, 4.69) is 0 Å². The van der Waals surface area contributed by atoms with Gasteiger partial charge in [-0.3, -0.25) is 0 Å². The number of rotatable bonds is 6. The van der Waals surface area contributed by atoms with Crippen LogP contribution in [0.25, 0.3) is 0 Å². The van der Waals surface area contributed by atoms with Crippen LogP contribution in [0.3, 0.4) is 0 Å². The summed E-state index contributed by atoms with van der Waals surface area (Å²) in [5, 5.41) is 26.7. The molecule has 0 aliphatic heterocycles. The molecule has 1 aromatic rings. The number of ether oxygens (including phenoxy) is 1. The van der Waals surface area contributed by atoms with E-state index in [1.807, 2.05) is 0 Å². The predicted molar refractivity (Wildman–Crippen MR) is 61.7 cm³/mol. The predicted octanol–water partition coefficient (Wildman–Crippen LogP) is 0.980. The summed E-state index contributed by atoms with van der Waals surface area (Å²) < 4.78 is 5.11. The number of aliphatic hydroxyl groups excluding tert-OH is 1. The second-order valence-corrected chi connectivity index (χ2v) is 3.89. The number of carbonyl (C=O) groups is 2. The molecule has 0 radical (unpaired) electrons. The second kappa shape index (κ2) is 6.13. The van der Waals surface area contributed by atoms with Crippen molar-refractivity contribution < 1.29 is 29.6 Å². The molecule has 0 amide bonds. The van der Waals surface area contributed by atoms with Crippen LogP contribution in [0, 0.1) is 0 Å². The van der Waals surface area contributed by atoms with Gasteiger partial charge in [-0.25, -0.2) is 9.59 Å². The first-order valence-electron chi connectivity index (χ1n) is 5.26. The lowest BCUT2D eigenvalue weighted by Gasteiger charge is -2.08. The van der Waals surface area contributed by atoms with Crippen LogP contribution < -0.4 is 0 Å². The number of benzene rings is 1. The van der Waals surface area contributed by atoms with Gasteiger partial charge in [0.05, 0.1) is 30.4 Å². The van der Waals surface area contributed by atoms with E-state index in [4.69, 9.17) is 20.1 Å². The molecular weight excluding hydrogens is 240 g/mol. The summed E-state index contributed by atoms with van der Waals surface area (Å²) in [4.78, 5) is 21.7. The molecular formula is C12H14O6. The molecule has 0 bridgehead atoms. The molecule has 1 unspecified atom stereocenters. The lowest BCUT2D eigenvalue weighted by Crippen LogP contribution is -2.11. The highest BCUT2D eigenvalue weighted by atomic mass is 16.5. The van der Waals surface area contributed by atoms with Crippen LogP contribution in [-0.2, 0) is 11.3 Å². The zero-order valence-electron chi connectivity index (χ0n) is 9.79. The maximum atomic E-state index is 10.8. The molecule has 3 N–H and O–H groups in total. The number of aromatic carboxylic acids is 2. The third-order valence-corrected chi connectivity index (χ3v) is 2.11. The van der Waals surface area contributed by atoms with Crippen LogP contribution >= 0.6 is 0 Å². The Balaban J connectivity index is 2.89. The maximum absolute atomic E-state index is 10.8. The molecule has 0 saturated heterocycles. The van der Waals surface area contributed by atoms with E-state index < -0.39 is 18.0 Å². The van der Waals surface area contributed by atoms with Crippen molar-refractivity contribution in [1.29, 1.82) is 0 Å². The summed E-state index contributed by atoms with van der Waals surface area (Å²) >= 11 is 0. The average molecular weight is 254 g/mol. The molecule has 0 fully saturated rings. The zero-order chi connectivity index (χ0) is 13.7. The molecule has 1 atom stereocenters. The van der Waals surface area contributed by atoms with Crippen LogP contribution in [0.15, 0.2) is 18.2 Å². The molecule has 0 aliphatic carbocycles. The van der Waals surface area contributed by atoms with Gasteiger partial charge in [-0.15, -0.1) is 0 Å². The first kappa shape index (κ1) is 14.1. The Kier molecular flexibility index (Phi) is 4.82. The van der Waals surface area contributed by atoms with Gasteiger partial charge < -0.3 is 20.1 Å². The first-order chi connectivity index (χ1) is 8.40. The highest BCUT2D eigenvalue weighted by molar-refractivity contribution is 5.94. The molecule has 0 saturated carbocycles. The van der Waals surface area contributed by atoms with Crippen molar-refractivity contribution in [3.8, 4) is 0 Å². The van der Waals surface area contributed by atoms with Crippen LogP contribution in [0.4, 0.5) is 0 Å². The highest BCUT2D eigenvalue weighted by Gasteiger charge is 2.11. The van der Waals surface area contributed by atoms with Crippen LogP contribution in [-0.4, -0.2) is 40.0 Å². The van der Waals surface area contributed by atoms with Gasteiger partial charge in [0, 0.05) is 0 Å². The van der Waals surface area contributed by atoms with Crippen LogP contribution in [0.2, 0.25) is 0 Å². The number of carboxylic acid groups (broad SMARTS) is 2. The lowest BCUT2D eigenvalue weighted by atomic mass is 10.1. The van der Waals surface area contributed by atoms with Gasteiger partial charge in [-0.05, 0) is 30.7 Å². The van der Waals surface area contributed by atoms with E-state index in [1.165, 1.54) is 12.1 Å². The maximum Gasteiger partial charge on any atom is 0.335 e. The second-order valence-electron chi connectivity index (χ2n) is 3.89. The Bertz CT molecular complexity index is 420. The smallest absolute Gasteiger partial charge is 0.335 e. The number of aliphatic hydroxyl groups is 1. The summed E-state index contributed by atoms with van der Waals surface area (Å²) in [5.41, 5.74) is 0.226. The number of carboxylic acids is 2. The molecule has 0 spiro atoms. The summed E-state index contributed by atoms with van der Waals surface area (Å²) in [6.45, 7) is 1.70. The molecule has 6 nitrogen and oxygen atoms in total. The van der Waals surface area contributed by atoms with Crippen molar-refractivity contribution in [2.45, 2.75) is 19.6 Å². The summed E-state index contributed by atoms with van der Waals surface area (Å²) in [5.74, 6) is -2.40. The van der Waals surface area contributed by atoms with Gasteiger partial charge in [0.15, 0.2) is 0 Å². The summed E-state index contributed by atoms with van der Waals surface area (Å²) in [7, 11) is 0. The minimum absolute atomic E-state index is 0.0479. The molecule has 18 heavy (non-hydrogen) atoms. The van der Waals surface area contributed by atoms with Gasteiger partial charge in [0.25, 0.3) is 0 Å². The Hall–Kier alpha value is -1.92. The number of hydrogen-bond acceptors (Lipinski definition) is 4. The van der Waals surface area contributed by atoms with Crippen molar-refractivity contribution in [1.82, 2.24) is 0 Å². The largest absolute Gasteiger partial charge is 0.478 e. The van der Waals surface area contributed by atoms with Crippen LogP contribution in [0.5, 0.6) is 0 Å². The quantitative estimate of drug-likeness (QED) is 0.699. The molecule has 0 heterocycles. The van der Waals surface area contributed by atoms with Crippen molar-refractivity contribution in [2.24, 2.45) is 0 Å². The van der Waals surface area contributed by atoms with E-state index in [1.54, 1.807) is 6.92 Å². The monoisotopic (exact) mass is 254 g/mol. The first-order valence-corrected chi connectivity index (χ1v) is 5.26. The molecule has 6 heteroatoms. The van der Waals surface area contributed by atoms with Crippen molar-refractivity contribution >= 4 is 11.9 Å². The molecule has 0 aliphatic rings. The fourth-order valence-corrected chi connectivity index (χ4v) is 1.37. The number of hydrogen-bond donors (Lipinski definition) is 3. The highest BCUT2D eigenvalue weighted by Crippen LogP contribution is 2.12. The molecule has 1 rings (SSSR count). The minimum Gasteiger partial charge on any atom is -0.478 e. The third-order valence-electron chi connectivity index (χ3n) is 2.11. The van der Waals surface area contributed by atoms with Gasteiger partial charge in [0.1, 0.15) is 0 Å². The normalized spacial score (nSPS) is 12.1. The summed E-state index contributed by atoms with van der Waals surface area (Å²) in [6.07, 6.45) is -0.633. The Morgan fingerprint density at radius 1 is 1.17 bits per heavy atom. The van der Waals surface area contributed by atoms with E-state index in [-0.39, 0.29) is 24.3 Å². The van der Waals surface area contributed by atoms with Gasteiger partial charge in [-0.2, -0.15) is 0 Å². The van der Waals surface area contributed by atoms with Crippen molar-refractivity contribution in [2.75, 3.05) is 6.61 Å². The van der Waals surface area contributed by atoms with Gasteiger partial charge in [0.2, 0.25) is 0 Å². The Labute approximate surface area is 103 Å². The van der Waals surface area contributed by atoms with E-state index >= 15 is 0 Å². The fraction of sp³-hybridized carbons (Fsp3) is 0.333. The van der Waals surface area contributed by atoms with E-state index in [9.17, 15) is 9.59 Å². The molecule has 98 valence electrons. The zero-order valence-corrected chi connectivity index (χ0v) is 9.79. The van der Waals surface area contributed by atoms with Crippen molar-refractivity contribution in [3.63, 3.8) is 0 Å². The van der Waals surface area contributed by atoms with Crippen molar-refractivity contribution in [3.05, 3.63) is 34.9 Å². The molecule has 1 aromatic carbocycles. The molecule has 0 aromatic heterocycles. The van der Waals surface area contributed by atoms with Crippen LogP contribution in [0.1, 0.15) is 33.2 Å². The van der Waals surface area contributed by atoms with Gasteiger partial charge >= 0.3 is 11.9 Å².